The van der Waals surface area contributed by atoms with E-state index in [1.165, 1.54) is 22.2 Å². The van der Waals surface area contributed by atoms with E-state index in [1.807, 2.05) is 17.5 Å². The van der Waals surface area contributed by atoms with Gasteiger partial charge in [-0.1, -0.05) is 12.1 Å². The fourth-order valence-corrected chi connectivity index (χ4v) is 2.80. The number of hydrogen-bond acceptors (Lipinski definition) is 4. The van der Waals surface area contributed by atoms with E-state index in [0.717, 1.165) is 5.56 Å². The lowest BCUT2D eigenvalue weighted by Gasteiger charge is -2.06. The number of carbonyl (C=O) groups excluding carboxylic acids is 1. The van der Waals surface area contributed by atoms with E-state index in [2.05, 4.69) is 4.98 Å². The van der Waals surface area contributed by atoms with Gasteiger partial charge < -0.3 is 5.73 Å². The quantitative estimate of drug-likeness (QED) is 0.794. The van der Waals surface area contributed by atoms with Gasteiger partial charge >= 0.3 is 0 Å². The zero-order valence-electron chi connectivity index (χ0n) is 10.4. The maximum Gasteiger partial charge on any atom is 0.271 e. The lowest BCUT2D eigenvalue weighted by molar-refractivity contribution is 0.1000. The predicted octanol–water partition coefficient (Wildman–Crippen LogP) is 1.61. The Labute approximate surface area is 118 Å². The Bertz CT molecular complexity index is 851. The molecule has 2 N–H and O–H groups in total. The van der Waals surface area contributed by atoms with Crippen LogP contribution < -0.4 is 11.3 Å². The highest BCUT2D eigenvalue weighted by atomic mass is 32.1. The summed E-state index contributed by atoms with van der Waals surface area (Å²) >= 11 is 1.38. The first-order chi connectivity index (χ1) is 9.65. The van der Waals surface area contributed by atoms with Crippen LogP contribution in [0.5, 0.6) is 0 Å². The van der Waals surface area contributed by atoms with E-state index in [1.54, 1.807) is 18.2 Å². The zero-order chi connectivity index (χ0) is 14.1. The molecule has 3 aromatic rings. The summed E-state index contributed by atoms with van der Waals surface area (Å²) in [6.45, 7) is 0.362. The molecule has 0 saturated carbocycles. The zero-order valence-corrected chi connectivity index (χ0v) is 11.3. The Kier molecular flexibility index (Phi) is 3.08. The van der Waals surface area contributed by atoms with Gasteiger partial charge in [-0.15, -0.1) is 11.3 Å². The van der Waals surface area contributed by atoms with Crippen LogP contribution in [0.3, 0.4) is 0 Å². The van der Waals surface area contributed by atoms with Gasteiger partial charge in [-0.05, 0) is 29.1 Å². The Morgan fingerprint density at radius 3 is 3.00 bits per heavy atom. The van der Waals surface area contributed by atoms with E-state index in [0.29, 0.717) is 22.3 Å². The second-order valence-electron chi connectivity index (χ2n) is 4.38. The topological polar surface area (TPSA) is 78.0 Å². The van der Waals surface area contributed by atoms with Crippen molar-refractivity contribution < 1.29 is 4.79 Å². The van der Waals surface area contributed by atoms with Crippen LogP contribution in [-0.4, -0.2) is 15.5 Å². The van der Waals surface area contributed by atoms with E-state index < -0.39 is 5.91 Å². The standard InChI is InChI=1S/C14H11N3O2S/c15-13(18)10-3-1-2-9(6-10)7-17-8-16-11-4-5-20-12(11)14(17)19/h1-6,8H,7H2,(H2,15,18). The molecule has 2 aromatic heterocycles. The molecule has 1 aromatic carbocycles. The molecule has 6 heteroatoms. The first-order valence-corrected chi connectivity index (χ1v) is 6.84. The molecule has 0 aliphatic carbocycles. The molecule has 5 nitrogen and oxygen atoms in total. The number of rotatable bonds is 3. The molecule has 0 atom stereocenters. The van der Waals surface area contributed by atoms with Gasteiger partial charge in [0.25, 0.3) is 5.56 Å². The summed E-state index contributed by atoms with van der Waals surface area (Å²) in [6.07, 6.45) is 1.52. The Morgan fingerprint density at radius 1 is 1.35 bits per heavy atom. The van der Waals surface area contributed by atoms with Crippen LogP contribution in [0, 0.1) is 0 Å². The summed E-state index contributed by atoms with van der Waals surface area (Å²) in [4.78, 5) is 27.6. The number of primary amides is 1. The molecule has 0 saturated heterocycles. The van der Waals surface area contributed by atoms with E-state index in [-0.39, 0.29) is 5.56 Å². The molecule has 1 amide bonds. The first kappa shape index (κ1) is 12.6. The van der Waals surface area contributed by atoms with Gasteiger partial charge in [-0.3, -0.25) is 14.2 Å². The van der Waals surface area contributed by atoms with E-state index in [4.69, 9.17) is 5.73 Å². The number of amides is 1. The van der Waals surface area contributed by atoms with Gasteiger partial charge in [0.2, 0.25) is 5.91 Å². The summed E-state index contributed by atoms with van der Waals surface area (Å²) in [5.74, 6) is -0.481. The molecule has 0 aliphatic heterocycles. The van der Waals surface area contributed by atoms with Crippen molar-refractivity contribution in [3.8, 4) is 0 Å². The number of thiophene rings is 1. The molecule has 100 valence electrons. The molecule has 0 unspecified atom stereocenters. The predicted molar refractivity (Wildman–Crippen MR) is 77.9 cm³/mol. The van der Waals surface area contributed by atoms with Gasteiger partial charge in [0.05, 0.1) is 18.4 Å². The van der Waals surface area contributed by atoms with Crippen molar-refractivity contribution >= 4 is 27.5 Å². The highest BCUT2D eigenvalue weighted by Gasteiger charge is 2.07. The number of fused-ring (bicyclic) bond motifs is 1. The van der Waals surface area contributed by atoms with Crippen molar-refractivity contribution in [2.75, 3.05) is 0 Å². The van der Waals surface area contributed by atoms with Gasteiger partial charge in [-0.2, -0.15) is 0 Å². The maximum absolute atomic E-state index is 12.3. The number of aromatic nitrogens is 2. The maximum atomic E-state index is 12.3. The normalized spacial score (nSPS) is 10.8. The van der Waals surface area contributed by atoms with Gasteiger partial charge in [0.1, 0.15) is 4.70 Å². The van der Waals surface area contributed by atoms with Crippen molar-refractivity contribution in [2.45, 2.75) is 6.54 Å². The minimum Gasteiger partial charge on any atom is -0.366 e. The molecule has 20 heavy (non-hydrogen) atoms. The molecule has 0 aliphatic rings. The van der Waals surface area contributed by atoms with Crippen LogP contribution in [-0.2, 0) is 6.54 Å². The first-order valence-electron chi connectivity index (χ1n) is 5.96. The van der Waals surface area contributed by atoms with Crippen LogP contribution in [0.4, 0.5) is 0 Å². The molecule has 0 spiro atoms. The molecule has 0 bridgehead atoms. The van der Waals surface area contributed by atoms with E-state index >= 15 is 0 Å². The molecular weight excluding hydrogens is 274 g/mol. The average Bonchev–Trinajstić information content (AvgIpc) is 2.91. The van der Waals surface area contributed by atoms with Crippen LogP contribution in [0.1, 0.15) is 15.9 Å². The van der Waals surface area contributed by atoms with Crippen molar-refractivity contribution in [2.24, 2.45) is 5.73 Å². The number of benzene rings is 1. The average molecular weight is 285 g/mol. The van der Waals surface area contributed by atoms with Gasteiger partial charge in [0.15, 0.2) is 0 Å². The lowest BCUT2D eigenvalue weighted by Crippen LogP contribution is -2.20. The second-order valence-corrected chi connectivity index (χ2v) is 5.29. The molecular formula is C14H11N3O2S. The summed E-state index contributed by atoms with van der Waals surface area (Å²) in [7, 11) is 0. The Balaban J connectivity index is 2.01. The highest BCUT2D eigenvalue weighted by Crippen LogP contribution is 2.14. The van der Waals surface area contributed by atoms with Crippen molar-refractivity contribution in [1.82, 2.24) is 9.55 Å². The van der Waals surface area contributed by atoms with Gasteiger partial charge in [-0.25, -0.2) is 4.98 Å². The van der Waals surface area contributed by atoms with Crippen molar-refractivity contribution in [3.63, 3.8) is 0 Å². The molecule has 2 heterocycles. The summed E-state index contributed by atoms with van der Waals surface area (Å²) < 4.78 is 2.16. The fourth-order valence-electron chi connectivity index (χ4n) is 2.01. The fraction of sp³-hybridized carbons (Fsp3) is 0.0714. The molecule has 3 rings (SSSR count). The summed E-state index contributed by atoms with van der Waals surface area (Å²) in [5.41, 5.74) is 7.15. The third-order valence-electron chi connectivity index (χ3n) is 3.00. The smallest absolute Gasteiger partial charge is 0.271 e. The van der Waals surface area contributed by atoms with Crippen LogP contribution >= 0.6 is 11.3 Å². The van der Waals surface area contributed by atoms with Crippen molar-refractivity contribution in [1.29, 1.82) is 0 Å². The minimum atomic E-state index is -0.481. The number of hydrogen-bond donors (Lipinski definition) is 1. The van der Waals surface area contributed by atoms with Crippen LogP contribution in [0.15, 0.2) is 46.8 Å². The SMILES string of the molecule is NC(=O)c1cccc(Cn2cnc3ccsc3c2=O)c1. The Morgan fingerprint density at radius 2 is 2.20 bits per heavy atom. The van der Waals surface area contributed by atoms with Gasteiger partial charge in [0, 0.05) is 5.56 Å². The molecule has 0 radical (unpaired) electrons. The lowest BCUT2D eigenvalue weighted by atomic mass is 10.1. The van der Waals surface area contributed by atoms with Crippen molar-refractivity contribution in [3.05, 3.63) is 63.5 Å². The highest BCUT2D eigenvalue weighted by molar-refractivity contribution is 7.17. The van der Waals surface area contributed by atoms with Crippen LogP contribution in [0.2, 0.25) is 0 Å². The summed E-state index contributed by atoms with van der Waals surface area (Å²) in [6, 6.07) is 8.75. The number of nitrogens with two attached hydrogens (primary N) is 1. The number of nitrogens with zero attached hydrogens (tertiary/aromatic N) is 2. The second kappa shape index (κ2) is 4.90. The third kappa shape index (κ3) is 2.21. The molecule has 0 fully saturated rings. The third-order valence-corrected chi connectivity index (χ3v) is 3.89. The summed E-state index contributed by atoms with van der Waals surface area (Å²) in [5, 5.41) is 1.84. The van der Waals surface area contributed by atoms with Crippen LogP contribution in [0.25, 0.3) is 10.2 Å². The monoisotopic (exact) mass is 285 g/mol. The van der Waals surface area contributed by atoms with E-state index in [9.17, 15) is 9.59 Å². The Hall–Kier alpha value is -2.47. The number of carbonyl (C=O) groups is 1. The minimum absolute atomic E-state index is 0.0746. The largest absolute Gasteiger partial charge is 0.366 e.